The smallest absolute Gasteiger partial charge is 0.317 e. The third kappa shape index (κ3) is 2.47. The van der Waals surface area contributed by atoms with Crippen LogP contribution < -0.4 is 10.2 Å². The number of H-pyrrole nitrogens is 1. The standard InChI is InChI=1S/C15H22N6O/c1-10-5-7-21(15(22)16-2)8-12(10)20(3)14-11-4-6-17-13(11)18-9-19-14/h4,6,9-10,12H,5,7-8H2,1-3H3,(H,16,22)(H,17,18,19)/t10-,12+/m1/s1. The quantitative estimate of drug-likeness (QED) is 0.880. The number of hydrogen-bond donors (Lipinski definition) is 2. The second kappa shape index (κ2) is 5.82. The molecule has 0 aliphatic carbocycles. The molecule has 2 aromatic heterocycles. The minimum atomic E-state index is -0.0141. The fourth-order valence-corrected chi connectivity index (χ4v) is 3.19. The molecule has 0 aromatic carbocycles. The van der Waals surface area contributed by atoms with Crippen LogP contribution in [0.5, 0.6) is 0 Å². The summed E-state index contributed by atoms with van der Waals surface area (Å²) in [7, 11) is 3.72. The van der Waals surface area contributed by atoms with E-state index < -0.39 is 0 Å². The molecule has 7 heteroatoms. The van der Waals surface area contributed by atoms with Crippen molar-refractivity contribution in [1.82, 2.24) is 25.2 Å². The third-order valence-corrected chi connectivity index (χ3v) is 4.58. The lowest BCUT2D eigenvalue weighted by Crippen LogP contribution is -2.54. The van der Waals surface area contributed by atoms with Crippen LogP contribution in [0.4, 0.5) is 10.6 Å². The van der Waals surface area contributed by atoms with Gasteiger partial charge in [-0.3, -0.25) is 0 Å². The van der Waals surface area contributed by atoms with Crippen molar-refractivity contribution in [2.75, 3.05) is 32.1 Å². The Hall–Kier alpha value is -2.31. The number of aromatic amines is 1. The van der Waals surface area contributed by atoms with Gasteiger partial charge < -0.3 is 20.1 Å². The Balaban J connectivity index is 1.88. The molecule has 3 heterocycles. The Labute approximate surface area is 129 Å². The zero-order valence-electron chi connectivity index (χ0n) is 13.2. The van der Waals surface area contributed by atoms with Crippen LogP contribution in [-0.2, 0) is 0 Å². The molecule has 2 atom stereocenters. The van der Waals surface area contributed by atoms with Crippen molar-refractivity contribution < 1.29 is 4.79 Å². The number of hydrogen-bond acceptors (Lipinski definition) is 4. The number of nitrogens with one attached hydrogen (secondary N) is 2. The number of likely N-dealkylation sites (tertiary alicyclic amines) is 1. The van der Waals surface area contributed by atoms with Gasteiger partial charge in [-0.25, -0.2) is 14.8 Å². The predicted octanol–water partition coefficient (Wildman–Crippen LogP) is 1.44. The number of anilines is 1. The van der Waals surface area contributed by atoms with Crippen molar-refractivity contribution in [2.24, 2.45) is 5.92 Å². The van der Waals surface area contributed by atoms with Gasteiger partial charge in [0.2, 0.25) is 0 Å². The number of piperidine rings is 1. The first-order valence-corrected chi connectivity index (χ1v) is 7.59. The molecule has 1 saturated heterocycles. The Kier molecular flexibility index (Phi) is 3.87. The summed E-state index contributed by atoms with van der Waals surface area (Å²) in [5.41, 5.74) is 0.837. The van der Waals surface area contributed by atoms with Crippen LogP contribution in [0, 0.1) is 5.92 Å². The van der Waals surface area contributed by atoms with Gasteiger partial charge in [-0.1, -0.05) is 6.92 Å². The van der Waals surface area contributed by atoms with Crippen molar-refractivity contribution in [2.45, 2.75) is 19.4 Å². The minimum Gasteiger partial charge on any atom is -0.354 e. The molecular formula is C15H22N6O. The molecule has 0 spiro atoms. The number of nitrogens with zero attached hydrogens (tertiary/aromatic N) is 4. The fraction of sp³-hybridized carbons (Fsp3) is 0.533. The number of rotatable bonds is 2. The monoisotopic (exact) mass is 302 g/mol. The summed E-state index contributed by atoms with van der Waals surface area (Å²) < 4.78 is 0. The number of fused-ring (bicyclic) bond motifs is 1. The molecule has 7 nitrogen and oxygen atoms in total. The van der Waals surface area contributed by atoms with E-state index in [0.717, 1.165) is 29.8 Å². The Bertz CT molecular complexity index is 669. The minimum absolute atomic E-state index is 0.0141. The molecule has 0 bridgehead atoms. The maximum absolute atomic E-state index is 11.9. The van der Waals surface area contributed by atoms with E-state index in [1.54, 1.807) is 13.4 Å². The molecule has 1 fully saturated rings. The maximum Gasteiger partial charge on any atom is 0.317 e. The molecule has 1 aliphatic heterocycles. The van der Waals surface area contributed by atoms with Gasteiger partial charge in [-0.15, -0.1) is 0 Å². The summed E-state index contributed by atoms with van der Waals surface area (Å²) in [6.07, 6.45) is 4.44. The molecule has 22 heavy (non-hydrogen) atoms. The van der Waals surface area contributed by atoms with Crippen LogP contribution in [0.3, 0.4) is 0 Å². The average Bonchev–Trinajstić information content (AvgIpc) is 3.02. The van der Waals surface area contributed by atoms with Crippen LogP contribution in [-0.4, -0.2) is 59.1 Å². The molecule has 0 saturated carbocycles. The van der Waals surface area contributed by atoms with Gasteiger partial charge in [-0.2, -0.15) is 0 Å². The molecule has 2 aromatic rings. The average molecular weight is 302 g/mol. The first-order chi connectivity index (χ1) is 10.6. The molecular weight excluding hydrogens is 280 g/mol. The number of likely N-dealkylation sites (N-methyl/N-ethyl adjacent to an activating group) is 1. The predicted molar refractivity (Wildman–Crippen MR) is 85.9 cm³/mol. The Morgan fingerprint density at radius 1 is 1.50 bits per heavy atom. The molecule has 0 radical (unpaired) electrons. The highest BCUT2D eigenvalue weighted by Crippen LogP contribution is 2.28. The van der Waals surface area contributed by atoms with E-state index in [9.17, 15) is 4.79 Å². The third-order valence-electron chi connectivity index (χ3n) is 4.58. The van der Waals surface area contributed by atoms with E-state index in [4.69, 9.17) is 0 Å². The SMILES string of the molecule is CNC(=O)N1CC[C@@H](C)[C@@H](N(C)c2ncnc3[nH]ccc23)C1. The van der Waals surface area contributed by atoms with Gasteiger partial charge in [-0.05, 0) is 18.4 Å². The Morgan fingerprint density at radius 3 is 3.09 bits per heavy atom. The van der Waals surface area contributed by atoms with Crippen molar-refractivity contribution in [3.05, 3.63) is 18.6 Å². The highest BCUT2D eigenvalue weighted by atomic mass is 16.2. The zero-order valence-corrected chi connectivity index (χ0v) is 13.2. The summed E-state index contributed by atoms with van der Waals surface area (Å²) >= 11 is 0. The lowest BCUT2D eigenvalue weighted by atomic mass is 9.92. The van der Waals surface area contributed by atoms with Gasteiger partial charge in [0.25, 0.3) is 0 Å². The largest absolute Gasteiger partial charge is 0.354 e. The molecule has 2 amide bonds. The first-order valence-electron chi connectivity index (χ1n) is 7.59. The molecule has 1 aliphatic rings. The number of aromatic nitrogens is 3. The van der Waals surface area contributed by atoms with E-state index in [2.05, 4.69) is 32.1 Å². The van der Waals surface area contributed by atoms with Crippen LogP contribution in [0.25, 0.3) is 11.0 Å². The van der Waals surface area contributed by atoms with Crippen molar-refractivity contribution >= 4 is 22.9 Å². The topological polar surface area (TPSA) is 77.2 Å². The van der Waals surface area contributed by atoms with Gasteiger partial charge >= 0.3 is 6.03 Å². The van der Waals surface area contributed by atoms with E-state index >= 15 is 0 Å². The van der Waals surface area contributed by atoms with Crippen LogP contribution in [0.15, 0.2) is 18.6 Å². The van der Waals surface area contributed by atoms with Gasteiger partial charge in [0, 0.05) is 33.4 Å². The normalized spacial score (nSPS) is 21.9. The molecule has 0 unspecified atom stereocenters. The van der Waals surface area contributed by atoms with E-state index in [0.29, 0.717) is 12.5 Å². The maximum atomic E-state index is 11.9. The summed E-state index contributed by atoms with van der Waals surface area (Å²) in [6, 6.07) is 2.21. The van der Waals surface area contributed by atoms with Crippen LogP contribution in [0.2, 0.25) is 0 Å². The second-order valence-corrected chi connectivity index (χ2v) is 5.88. The first kappa shape index (κ1) is 14.6. The van der Waals surface area contributed by atoms with E-state index in [1.807, 2.05) is 24.2 Å². The number of urea groups is 1. The number of carbonyl (C=O) groups excluding carboxylic acids is 1. The van der Waals surface area contributed by atoms with E-state index in [-0.39, 0.29) is 12.1 Å². The summed E-state index contributed by atoms with van der Waals surface area (Å²) in [4.78, 5) is 27.8. The molecule has 3 rings (SSSR count). The number of amides is 2. The summed E-state index contributed by atoms with van der Waals surface area (Å²) in [5.74, 6) is 1.40. The van der Waals surface area contributed by atoms with Crippen molar-refractivity contribution in [3.63, 3.8) is 0 Å². The number of carbonyl (C=O) groups is 1. The Morgan fingerprint density at radius 2 is 2.32 bits per heavy atom. The van der Waals surface area contributed by atoms with Crippen LogP contribution >= 0.6 is 0 Å². The van der Waals surface area contributed by atoms with Gasteiger partial charge in [0.15, 0.2) is 0 Å². The highest BCUT2D eigenvalue weighted by Gasteiger charge is 2.32. The lowest BCUT2D eigenvalue weighted by Gasteiger charge is -2.42. The summed E-state index contributed by atoms with van der Waals surface area (Å²) in [6.45, 7) is 3.74. The molecule has 2 N–H and O–H groups in total. The second-order valence-electron chi connectivity index (χ2n) is 5.88. The fourth-order valence-electron chi connectivity index (χ4n) is 3.19. The lowest BCUT2D eigenvalue weighted by molar-refractivity contribution is 0.163. The van der Waals surface area contributed by atoms with Gasteiger partial charge in [0.1, 0.15) is 17.8 Å². The summed E-state index contributed by atoms with van der Waals surface area (Å²) in [5, 5.41) is 3.72. The van der Waals surface area contributed by atoms with E-state index in [1.165, 1.54) is 0 Å². The van der Waals surface area contributed by atoms with Gasteiger partial charge in [0.05, 0.1) is 11.4 Å². The highest BCUT2D eigenvalue weighted by molar-refractivity contribution is 5.87. The van der Waals surface area contributed by atoms with Crippen LogP contribution in [0.1, 0.15) is 13.3 Å². The molecule has 118 valence electrons. The van der Waals surface area contributed by atoms with Crippen molar-refractivity contribution in [1.29, 1.82) is 0 Å². The zero-order chi connectivity index (χ0) is 15.7. The van der Waals surface area contributed by atoms with Crippen molar-refractivity contribution in [3.8, 4) is 0 Å².